The largest absolute Gasteiger partial charge is 0.481 e. The molecule has 0 saturated carbocycles. The van der Waals surface area contributed by atoms with Crippen LogP contribution in [-0.4, -0.2) is 25.6 Å². The van der Waals surface area contributed by atoms with E-state index in [2.05, 4.69) is 0 Å². The highest BCUT2D eigenvalue weighted by Gasteiger charge is 2.42. The van der Waals surface area contributed by atoms with Crippen LogP contribution in [0.1, 0.15) is 58.3 Å². The molecule has 1 unspecified atom stereocenters. The molecule has 0 saturated heterocycles. The van der Waals surface area contributed by atoms with E-state index in [0.717, 1.165) is 38.5 Å². The summed E-state index contributed by atoms with van der Waals surface area (Å²) in [5.74, 6) is -0.742. The summed E-state index contributed by atoms with van der Waals surface area (Å²) >= 11 is 17.0. The van der Waals surface area contributed by atoms with Crippen molar-refractivity contribution in [3.05, 3.63) is 0 Å². The number of unbranched alkanes of at least 4 members (excludes halogenated alkanes) is 5. The number of carbonyl (C=O) groups is 1. The van der Waals surface area contributed by atoms with Crippen molar-refractivity contribution in [2.24, 2.45) is 0 Å². The van der Waals surface area contributed by atoms with Crippen molar-refractivity contribution >= 4 is 40.8 Å². The number of aliphatic carboxylic acids is 1. The van der Waals surface area contributed by atoms with Crippen molar-refractivity contribution in [3.63, 3.8) is 0 Å². The Morgan fingerprint density at radius 2 is 1.44 bits per heavy atom. The molecule has 0 aliphatic heterocycles. The average molecular weight is 320 g/mol. The third-order valence-corrected chi connectivity index (χ3v) is 4.14. The Kier molecular flexibility index (Phi) is 8.61. The van der Waals surface area contributed by atoms with Gasteiger partial charge < -0.3 is 10.2 Å². The van der Waals surface area contributed by atoms with Gasteiger partial charge in [0.2, 0.25) is 3.79 Å². The molecule has 0 heterocycles. The number of alkyl halides is 3. The molecule has 18 heavy (non-hydrogen) atoms. The number of carboxylic acids is 1. The van der Waals surface area contributed by atoms with Crippen LogP contribution in [-0.2, 0) is 4.79 Å². The van der Waals surface area contributed by atoms with E-state index in [4.69, 9.17) is 39.9 Å². The van der Waals surface area contributed by atoms with Crippen LogP contribution in [0.2, 0.25) is 0 Å². The normalized spacial score (nSPS) is 15.4. The molecule has 0 amide bonds. The van der Waals surface area contributed by atoms with Gasteiger partial charge in [-0.15, -0.1) is 0 Å². The molecule has 0 aliphatic rings. The van der Waals surface area contributed by atoms with E-state index in [9.17, 15) is 9.90 Å². The van der Waals surface area contributed by atoms with Gasteiger partial charge >= 0.3 is 5.97 Å². The first-order valence-corrected chi connectivity index (χ1v) is 7.31. The van der Waals surface area contributed by atoms with Crippen molar-refractivity contribution in [2.75, 3.05) is 0 Å². The van der Waals surface area contributed by atoms with Crippen molar-refractivity contribution in [3.8, 4) is 0 Å². The van der Waals surface area contributed by atoms with Gasteiger partial charge in [0.05, 0.1) is 0 Å². The Labute approximate surface area is 123 Å². The fourth-order valence-electron chi connectivity index (χ4n) is 1.59. The molecule has 0 spiro atoms. The lowest BCUT2D eigenvalue weighted by atomic mass is 9.99. The molecule has 0 aromatic rings. The van der Waals surface area contributed by atoms with Gasteiger partial charge in [-0.25, -0.2) is 0 Å². The minimum absolute atomic E-state index is 0.238. The Bertz CT molecular complexity index is 249. The second kappa shape index (κ2) is 8.47. The van der Waals surface area contributed by atoms with E-state index in [-0.39, 0.29) is 6.42 Å². The van der Waals surface area contributed by atoms with Crippen LogP contribution >= 0.6 is 34.8 Å². The van der Waals surface area contributed by atoms with Crippen LogP contribution in [0.3, 0.4) is 0 Å². The molecule has 0 radical (unpaired) electrons. The monoisotopic (exact) mass is 318 g/mol. The number of hydrogen-bond acceptors (Lipinski definition) is 2. The van der Waals surface area contributed by atoms with Gasteiger partial charge in [0, 0.05) is 6.42 Å². The number of carboxylic acid groups (broad SMARTS) is 1. The first-order valence-electron chi connectivity index (χ1n) is 6.18. The lowest BCUT2D eigenvalue weighted by Crippen LogP contribution is -2.39. The highest BCUT2D eigenvalue weighted by atomic mass is 35.6. The average Bonchev–Trinajstić information content (AvgIpc) is 2.19. The van der Waals surface area contributed by atoms with Crippen LogP contribution in [0.4, 0.5) is 0 Å². The van der Waals surface area contributed by atoms with Gasteiger partial charge in [-0.3, -0.25) is 4.79 Å². The van der Waals surface area contributed by atoms with Gasteiger partial charge in [-0.05, 0) is 19.8 Å². The quantitative estimate of drug-likeness (QED) is 0.492. The van der Waals surface area contributed by atoms with E-state index in [1.54, 1.807) is 0 Å². The fraction of sp³-hybridized carbons (Fsp3) is 0.917. The zero-order chi connectivity index (χ0) is 14.2. The molecule has 0 fully saturated rings. The first kappa shape index (κ1) is 18.3. The summed E-state index contributed by atoms with van der Waals surface area (Å²) in [5, 5.41) is 18.3. The molecule has 0 aliphatic carbocycles. The Balaban J connectivity index is 3.49. The van der Waals surface area contributed by atoms with E-state index >= 15 is 0 Å². The molecular weight excluding hydrogens is 298 g/mol. The maximum Gasteiger partial charge on any atom is 0.303 e. The Morgan fingerprint density at radius 3 is 1.89 bits per heavy atom. The molecule has 1 atom stereocenters. The van der Waals surface area contributed by atoms with E-state index in [1.165, 1.54) is 6.92 Å². The molecule has 108 valence electrons. The van der Waals surface area contributed by atoms with E-state index in [0.29, 0.717) is 6.42 Å². The van der Waals surface area contributed by atoms with Crippen molar-refractivity contribution in [2.45, 2.75) is 67.7 Å². The van der Waals surface area contributed by atoms with Crippen LogP contribution in [0.15, 0.2) is 0 Å². The zero-order valence-corrected chi connectivity index (χ0v) is 12.9. The number of hydrogen-bond donors (Lipinski definition) is 2. The molecule has 0 aromatic carbocycles. The number of aliphatic hydroxyl groups is 1. The lowest BCUT2D eigenvalue weighted by molar-refractivity contribution is -0.137. The predicted molar refractivity (Wildman–Crippen MR) is 75.5 cm³/mol. The molecule has 0 aromatic heterocycles. The summed E-state index contributed by atoms with van der Waals surface area (Å²) < 4.78 is -1.66. The van der Waals surface area contributed by atoms with Crippen molar-refractivity contribution in [1.29, 1.82) is 0 Å². The van der Waals surface area contributed by atoms with Crippen LogP contribution < -0.4 is 0 Å². The maximum absolute atomic E-state index is 10.3. The highest BCUT2D eigenvalue weighted by molar-refractivity contribution is 6.68. The van der Waals surface area contributed by atoms with Gasteiger partial charge in [-0.2, -0.15) is 0 Å². The Hall–Kier alpha value is 0.300. The molecule has 0 rings (SSSR count). The first-order chi connectivity index (χ1) is 8.17. The second-order valence-electron chi connectivity index (χ2n) is 4.79. The van der Waals surface area contributed by atoms with Gasteiger partial charge in [0.1, 0.15) is 5.60 Å². The number of rotatable bonds is 9. The maximum atomic E-state index is 10.3. The topological polar surface area (TPSA) is 57.5 Å². The minimum atomic E-state index is -1.66. The highest BCUT2D eigenvalue weighted by Crippen LogP contribution is 2.40. The van der Waals surface area contributed by atoms with Crippen molar-refractivity contribution < 1.29 is 15.0 Å². The zero-order valence-electron chi connectivity index (χ0n) is 10.6. The van der Waals surface area contributed by atoms with Gasteiger partial charge in [-0.1, -0.05) is 66.9 Å². The summed E-state index contributed by atoms with van der Waals surface area (Å²) in [6.07, 6.45) is 6.08. The summed E-state index contributed by atoms with van der Waals surface area (Å²) in [5.41, 5.74) is -1.30. The molecule has 6 heteroatoms. The molecule has 2 N–H and O–H groups in total. The third kappa shape index (κ3) is 8.41. The summed E-state index contributed by atoms with van der Waals surface area (Å²) in [4.78, 5) is 10.3. The SMILES string of the molecule is CC(O)(CCCCCCCCC(=O)O)C(Cl)(Cl)Cl. The van der Waals surface area contributed by atoms with Gasteiger partial charge in [0.15, 0.2) is 0 Å². The number of halogens is 3. The van der Waals surface area contributed by atoms with Crippen LogP contribution in [0.25, 0.3) is 0 Å². The van der Waals surface area contributed by atoms with Gasteiger partial charge in [0.25, 0.3) is 0 Å². The van der Waals surface area contributed by atoms with Crippen molar-refractivity contribution in [1.82, 2.24) is 0 Å². The molecular formula is C12H21Cl3O3. The standard InChI is InChI=1S/C12H21Cl3O3/c1-11(18,12(13,14)15)9-7-5-3-2-4-6-8-10(16)17/h18H,2-9H2,1H3,(H,16,17). The molecule has 3 nitrogen and oxygen atoms in total. The molecule has 0 bridgehead atoms. The van der Waals surface area contributed by atoms with Crippen LogP contribution in [0, 0.1) is 0 Å². The summed E-state index contributed by atoms with van der Waals surface area (Å²) in [6.45, 7) is 1.52. The van der Waals surface area contributed by atoms with E-state index in [1.807, 2.05) is 0 Å². The second-order valence-corrected chi connectivity index (χ2v) is 7.07. The lowest BCUT2D eigenvalue weighted by Gasteiger charge is -2.30. The summed E-state index contributed by atoms with van der Waals surface area (Å²) in [6, 6.07) is 0. The third-order valence-electron chi connectivity index (χ3n) is 2.91. The van der Waals surface area contributed by atoms with E-state index < -0.39 is 15.4 Å². The predicted octanol–water partition coefficient (Wildman–Crippen LogP) is 4.31. The minimum Gasteiger partial charge on any atom is -0.481 e. The smallest absolute Gasteiger partial charge is 0.303 e. The fourth-order valence-corrected chi connectivity index (χ4v) is 1.88. The van der Waals surface area contributed by atoms with Crippen LogP contribution in [0.5, 0.6) is 0 Å². The summed E-state index contributed by atoms with van der Waals surface area (Å²) in [7, 11) is 0. The Morgan fingerprint density at radius 1 is 1.00 bits per heavy atom.